The Morgan fingerprint density at radius 3 is 1.14 bits per heavy atom. The maximum absolute atomic E-state index is 13.6. The molecule has 6 aromatic heterocycles. The Kier molecular flexibility index (Phi) is 21.0. The van der Waals surface area contributed by atoms with E-state index in [9.17, 15) is 14.4 Å². The first-order valence-electron chi connectivity index (χ1n) is 34.3. The predicted molar refractivity (Wildman–Crippen MR) is 390 cm³/mol. The maximum Gasteiger partial charge on any atom is 0.286 e. The topological polar surface area (TPSA) is 190 Å². The van der Waals surface area contributed by atoms with E-state index in [0.29, 0.717) is 76.1 Å². The third-order valence-electron chi connectivity index (χ3n) is 19.9. The zero-order valence-electron chi connectivity index (χ0n) is 55.0. The van der Waals surface area contributed by atoms with E-state index >= 15 is 0 Å². The first-order valence-corrected chi connectivity index (χ1v) is 36.5. The molecule has 3 aromatic carbocycles. The van der Waals surface area contributed by atoms with Crippen LogP contribution >= 0.6 is 69.6 Å². The van der Waals surface area contributed by atoms with E-state index in [4.69, 9.17) is 98.2 Å². The lowest BCUT2D eigenvalue weighted by Crippen LogP contribution is -2.54. The molecule has 3 amide bonds. The fraction of sp³-hybridized carbons (Fsp3) is 0.360. The van der Waals surface area contributed by atoms with Crippen LogP contribution in [0.2, 0.25) is 30.1 Å². The minimum atomic E-state index is -0.181. The number of nitrogens with one attached hydrogen (secondary N) is 3. The van der Waals surface area contributed by atoms with Crippen LogP contribution < -0.4 is 16.3 Å². The molecule has 4 atom stereocenters. The second-order valence-electron chi connectivity index (χ2n) is 26.6. The van der Waals surface area contributed by atoms with Crippen molar-refractivity contribution in [1.29, 1.82) is 0 Å². The van der Waals surface area contributed by atoms with E-state index in [1.165, 1.54) is 25.7 Å². The Hall–Kier alpha value is -7.62. The van der Waals surface area contributed by atoms with Gasteiger partial charge in [0.15, 0.2) is 17.1 Å². The molecule has 4 aliphatic carbocycles. The van der Waals surface area contributed by atoms with E-state index in [-0.39, 0.29) is 29.8 Å². The van der Waals surface area contributed by atoms with E-state index in [1.54, 1.807) is 69.2 Å². The fourth-order valence-electron chi connectivity index (χ4n) is 15.2. The second-order valence-corrected chi connectivity index (χ2v) is 29.1. The standard InChI is InChI=1S/C26H26Cl2N4O2.C26H28Cl2N4O2.C23H22Cl2N4O2/c27-19-9-10-23(22(28)13-19)32-25-16(12-20-7-3-11-34-20)4-2-8-21(25)24(29-32)26(33)30-31-14-17-5-1-6-18(17)15-31;1-16-6-3-7-17(2)31(16)30-26(33)24-21-10-4-8-18(14-20-9-5-13-34-20)25(21)32(29-24)23-12-11-19(27)15-22(23)28;24-16-8-9-20(19(25)14-16)29-22-15(13-17-6-4-12-31-17)5-3-7-18(22)21(26-29)23(30)27-28-10-1-2-11-28/h3,7,9-13,17-18H,1-2,4-6,8,14-15H2,(H,30,33);5,9,11-17H,3-4,6-8,10H2,1-2H3,(H,30,33);4,6,8-9,12-14H,1-3,5,7,10-11H2,(H,27,30)/b16-12+;18-14+;15-13+. The van der Waals surface area contributed by atoms with Crippen LogP contribution in [0.4, 0.5) is 0 Å². The molecule has 16 rings (SSSR count). The van der Waals surface area contributed by atoms with Crippen LogP contribution in [-0.4, -0.2) is 100 Å². The van der Waals surface area contributed by atoms with Crippen LogP contribution in [0, 0.1) is 11.8 Å². The third-order valence-corrected chi connectivity index (χ3v) is 21.5. The lowest BCUT2D eigenvalue weighted by Gasteiger charge is -2.38. The molecular weight excluding hydrogens is 1380 g/mol. The number of fused-ring (bicyclic) bond motifs is 4. The summed E-state index contributed by atoms with van der Waals surface area (Å²) in [6, 6.07) is 27.9. The van der Waals surface area contributed by atoms with Gasteiger partial charge in [-0.05, 0) is 248 Å². The lowest BCUT2D eigenvalue weighted by atomic mass is 9.90. The van der Waals surface area contributed by atoms with Gasteiger partial charge >= 0.3 is 0 Å². The summed E-state index contributed by atoms with van der Waals surface area (Å²) in [5, 5.41) is 23.6. The normalized spacial score (nSPS) is 21.2. The molecule has 4 fully saturated rings. The number of amides is 3. The highest BCUT2D eigenvalue weighted by Gasteiger charge is 2.39. The molecule has 0 spiro atoms. The van der Waals surface area contributed by atoms with E-state index < -0.39 is 0 Å². The first kappa shape index (κ1) is 68.5. The van der Waals surface area contributed by atoms with Crippen molar-refractivity contribution in [2.24, 2.45) is 11.8 Å². The van der Waals surface area contributed by atoms with E-state index in [1.807, 2.05) is 77.8 Å². The summed E-state index contributed by atoms with van der Waals surface area (Å²) < 4.78 is 22.1. The van der Waals surface area contributed by atoms with E-state index in [0.717, 1.165) is 177 Å². The number of hydrogen-bond donors (Lipinski definition) is 3. The van der Waals surface area contributed by atoms with Gasteiger partial charge in [-0.25, -0.2) is 29.1 Å². The van der Waals surface area contributed by atoms with Gasteiger partial charge in [0.2, 0.25) is 0 Å². The summed E-state index contributed by atoms with van der Waals surface area (Å²) >= 11 is 38.1. The molecule has 3 N–H and O–H groups in total. The molecule has 99 heavy (non-hydrogen) atoms. The molecule has 0 bridgehead atoms. The highest BCUT2D eigenvalue weighted by atomic mass is 35.5. The summed E-state index contributed by atoms with van der Waals surface area (Å²) in [5.41, 5.74) is 21.5. The number of hydrogen-bond acceptors (Lipinski definition) is 12. The zero-order chi connectivity index (χ0) is 68.4. The van der Waals surface area contributed by atoms with Crippen molar-refractivity contribution >= 4 is 122 Å². The fourth-order valence-corrected chi connectivity index (χ4v) is 16.7. The van der Waals surface area contributed by atoms with Crippen molar-refractivity contribution in [3.63, 3.8) is 0 Å². The monoisotopic (exact) mass is 1450 g/mol. The molecule has 24 heteroatoms. The van der Waals surface area contributed by atoms with Crippen LogP contribution in [0.5, 0.6) is 0 Å². The summed E-state index contributed by atoms with van der Waals surface area (Å²) in [4.78, 5) is 40.2. The molecule has 9 aromatic rings. The minimum Gasteiger partial charge on any atom is -0.465 e. The summed E-state index contributed by atoms with van der Waals surface area (Å²) in [6.07, 6.45) is 28.0. The van der Waals surface area contributed by atoms with Crippen molar-refractivity contribution in [3.8, 4) is 17.1 Å². The number of piperidine rings is 1. The number of allylic oxidation sites excluding steroid dienone is 3. The van der Waals surface area contributed by atoms with Gasteiger partial charge in [-0.15, -0.1) is 0 Å². The molecule has 18 nitrogen and oxygen atoms in total. The number of furan rings is 3. The van der Waals surface area contributed by atoms with Crippen LogP contribution in [0.25, 0.3) is 52.0 Å². The molecule has 9 heterocycles. The predicted octanol–water partition coefficient (Wildman–Crippen LogP) is 18.0. The Bertz CT molecular complexity index is 4520. The molecule has 514 valence electrons. The highest BCUT2D eigenvalue weighted by Crippen LogP contribution is 2.43. The van der Waals surface area contributed by atoms with Crippen molar-refractivity contribution in [3.05, 3.63) is 208 Å². The highest BCUT2D eigenvalue weighted by molar-refractivity contribution is 6.37. The van der Waals surface area contributed by atoms with Gasteiger partial charge in [0.05, 0.1) is 68.0 Å². The van der Waals surface area contributed by atoms with Gasteiger partial charge in [-0.1, -0.05) is 82.4 Å². The average molecular weight is 1450 g/mol. The molecule has 7 aliphatic rings. The number of nitrogens with zero attached hydrogens (tertiary/aromatic N) is 9. The molecule has 3 saturated heterocycles. The Morgan fingerprint density at radius 1 is 0.434 bits per heavy atom. The molecular formula is C75H76Cl6N12O6. The molecule has 3 aliphatic heterocycles. The Morgan fingerprint density at radius 2 is 0.788 bits per heavy atom. The van der Waals surface area contributed by atoms with Gasteiger partial charge < -0.3 is 13.3 Å². The number of aromatic nitrogens is 6. The van der Waals surface area contributed by atoms with Gasteiger partial charge in [0.1, 0.15) is 17.3 Å². The number of rotatable bonds is 12. The van der Waals surface area contributed by atoms with Crippen molar-refractivity contribution in [2.45, 2.75) is 135 Å². The van der Waals surface area contributed by atoms with Crippen LogP contribution in [-0.2, 0) is 19.3 Å². The molecule has 4 unspecified atom stereocenters. The van der Waals surface area contributed by atoms with Crippen molar-refractivity contribution in [2.75, 3.05) is 26.2 Å². The number of carbonyl (C=O) groups excluding carboxylic acids is 3. The van der Waals surface area contributed by atoms with Crippen molar-refractivity contribution < 1.29 is 27.6 Å². The van der Waals surface area contributed by atoms with Gasteiger partial charge in [0, 0.05) is 70.0 Å². The van der Waals surface area contributed by atoms with Gasteiger partial charge in [0.25, 0.3) is 17.7 Å². The van der Waals surface area contributed by atoms with Crippen LogP contribution in [0.3, 0.4) is 0 Å². The molecule has 0 radical (unpaired) electrons. The maximum atomic E-state index is 13.6. The smallest absolute Gasteiger partial charge is 0.286 e. The van der Waals surface area contributed by atoms with Gasteiger partial charge in [-0.2, -0.15) is 15.3 Å². The quantitative estimate of drug-likeness (QED) is 0.105. The number of hydrazine groups is 3. The number of carbonyl (C=O) groups is 3. The number of benzene rings is 3. The number of halogens is 6. The first-order chi connectivity index (χ1) is 48.1. The minimum absolute atomic E-state index is 0.153. The summed E-state index contributed by atoms with van der Waals surface area (Å²) in [6.45, 7) is 7.88. The van der Waals surface area contributed by atoms with Crippen LogP contribution in [0.1, 0.15) is 186 Å². The second kappa shape index (κ2) is 30.3. The SMILES string of the molecule is CC1CCCC(C)N1NC(=O)c1nn(-c2ccc(Cl)cc2Cl)c2c1CCC/C2=C\c1ccco1.O=C(NN1CC2CCCC2C1)c1nn(-c2ccc(Cl)cc2Cl)c2c1CCC/C2=C\c1ccco1.O=C(NN1CCCC1)c1nn(-c2ccc(Cl)cc2Cl)c2c1CCC/C2=C\c1ccco1. The molecule has 1 saturated carbocycles. The zero-order valence-corrected chi connectivity index (χ0v) is 59.6. The summed E-state index contributed by atoms with van der Waals surface area (Å²) in [5.74, 6) is 3.18. The lowest BCUT2D eigenvalue weighted by molar-refractivity contribution is 0.0365. The Labute approximate surface area is 604 Å². The average Bonchev–Trinajstić information content (AvgIpc) is 1.62. The van der Waals surface area contributed by atoms with E-state index in [2.05, 4.69) is 40.1 Å². The Balaban J connectivity index is 0.000000127. The third kappa shape index (κ3) is 14.9. The largest absolute Gasteiger partial charge is 0.465 e. The van der Waals surface area contributed by atoms with Crippen LogP contribution in [0.15, 0.2) is 123 Å². The van der Waals surface area contributed by atoms with Gasteiger partial charge in [-0.3, -0.25) is 30.7 Å². The summed E-state index contributed by atoms with van der Waals surface area (Å²) in [7, 11) is 0. The van der Waals surface area contributed by atoms with Crippen molar-refractivity contribution in [1.82, 2.24) is 60.6 Å².